The van der Waals surface area contributed by atoms with Gasteiger partial charge in [-0.2, -0.15) is 0 Å². The Balaban J connectivity index is 0.000000722. The van der Waals surface area contributed by atoms with E-state index in [1.165, 1.54) is 0 Å². The third-order valence-corrected chi connectivity index (χ3v) is 2.76. The van der Waals surface area contributed by atoms with Crippen molar-refractivity contribution in [3.63, 3.8) is 0 Å². The van der Waals surface area contributed by atoms with E-state index in [-0.39, 0.29) is 27.8 Å². The van der Waals surface area contributed by atoms with Crippen LogP contribution in [0.2, 0.25) is 0 Å². The molecule has 1 aromatic carbocycles. The predicted octanol–water partition coefficient (Wildman–Crippen LogP) is 2.39. The van der Waals surface area contributed by atoms with Crippen LogP contribution in [0.25, 0.3) is 0 Å². The number of rotatable bonds is 0. The van der Waals surface area contributed by atoms with Crippen molar-refractivity contribution in [2.75, 3.05) is 0 Å². The molecule has 0 aromatic heterocycles. The molecule has 1 aromatic rings. The summed E-state index contributed by atoms with van der Waals surface area (Å²) >= 11 is 0. The highest BCUT2D eigenvalue weighted by Gasteiger charge is 2.28. The van der Waals surface area contributed by atoms with Crippen LogP contribution in [0.3, 0.4) is 0 Å². The highest BCUT2D eigenvalue weighted by Crippen LogP contribution is 2.27. The van der Waals surface area contributed by atoms with E-state index in [9.17, 15) is 4.79 Å². The van der Waals surface area contributed by atoms with Crippen LogP contribution in [0, 0.1) is 0 Å². The number of hydrogen-bond donors (Lipinski definition) is 0. The summed E-state index contributed by atoms with van der Waals surface area (Å²) in [6.45, 7) is 0. The zero-order valence-electron chi connectivity index (χ0n) is 8.71. The molecule has 17 heavy (non-hydrogen) atoms. The van der Waals surface area contributed by atoms with Gasteiger partial charge < -0.3 is 4.90 Å². The van der Waals surface area contributed by atoms with E-state index < -0.39 is 0 Å². The van der Waals surface area contributed by atoms with Gasteiger partial charge in [-0.15, -0.1) is 0 Å². The number of amides is 1. The summed E-state index contributed by atoms with van der Waals surface area (Å²) in [6, 6.07) is 7.56. The van der Waals surface area contributed by atoms with Crippen molar-refractivity contribution in [1.29, 1.82) is 0 Å². The summed E-state index contributed by atoms with van der Waals surface area (Å²) in [5.41, 5.74) is 1.45. The normalized spacial score (nSPS) is 19.9. The van der Waals surface area contributed by atoms with Crippen molar-refractivity contribution < 1.29 is 4.79 Å². The van der Waals surface area contributed by atoms with Gasteiger partial charge in [-0.25, -0.2) is 0 Å². The molecule has 1 amide bonds. The minimum atomic E-state index is 0. The lowest BCUT2D eigenvalue weighted by Gasteiger charge is -2.18. The van der Waals surface area contributed by atoms with Gasteiger partial charge in [0.25, 0.3) is 5.91 Å². The third-order valence-electron chi connectivity index (χ3n) is 2.76. The van der Waals surface area contributed by atoms with Gasteiger partial charge in [0.05, 0.1) is 17.3 Å². The Kier molecular flexibility index (Phi) is 3.89. The first kappa shape index (κ1) is 13.2. The van der Waals surface area contributed by atoms with Crippen molar-refractivity contribution in [1.82, 2.24) is 4.90 Å². The summed E-state index contributed by atoms with van der Waals surface area (Å²) in [7, 11) is 0. The molecule has 3 nitrogen and oxygen atoms in total. The van der Waals surface area contributed by atoms with E-state index in [1.807, 2.05) is 42.8 Å². The molecule has 2 heterocycles. The molecule has 2 aliphatic rings. The zero-order valence-corrected chi connectivity index (χ0v) is 8.71. The smallest absolute Gasteiger partial charge is 0.260 e. The van der Waals surface area contributed by atoms with Crippen LogP contribution < -0.4 is 0 Å². The number of carbonyl (C=O) groups excluding carboxylic acids is 1. The van der Waals surface area contributed by atoms with E-state index in [0.29, 0.717) is 5.56 Å². The highest BCUT2D eigenvalue weighted by atomic mass is 16.2. The fourth-order valence-corrected chi connectivity index (χ4v) is 1.96. The first-order chi connectivity index (χ1) is 7.36. The van der Waals surface area contributed by atoms with Crippen LogP contribution in [0.5, 0.6) is 0 Å². The molecule has 4 heteroatoms. The van der Waals surface area contributed by atoms with Crippen molar-refractivity contribution in [2.45, 2.75) is 19.9 Å². The van der Waals surface area contributed by atoms with Crippen LogP contribution in [-0.4, -0.2) is 31.5 Å². The SMILES string of the molecule is C.O=C1c2ccccc2N=C[C@@H]2CC=CN12.[B]. The van der Waals surface area contributed by atoms with Crippen molar-refractivity contribution >= 4 is 26.2 Å². The lowest BCUT2D eigenvalue weighted by molar-refractivity contribution is 0.0818. The number of aliphatic imine (C=N–C) groups is 1. The van der Waals surface area contributed by atoms with Crippen LogP contribution in [0.4, 0.5) is 5.69 Å². The summed E-state index contributed by atoms with van der Waals surface area (Å²) < 4.78 is 0. The Morgan fingerprint density at radius 2 is 2.06 bits per heavy atom. The Hall–Kier alpha value is -1.84. The molecule has 3 rings (SSSR count). The molecule has 0 bridgehead atoms. The highest BCUT2D eigenvalue weighted by molar-refractivity contribution is 6.03. The van der Waals surface area contributed by atoms with Gasteiger partial charge in [-0.1, -0.05) is 25.6 Å². The molecule has 3 radical (unpaired) electrons. The maximum atomic E-state index is 12.1. The number of para-hydroxylation sites is 1. The van der Waals surface area contributed by atoms with E-state index >= 15 is 0 Å². The predicted molar refractivity (Wildman–Crippen MR) is 70.8 cm³/mol. The Labute approximate surface area is 103 Å². The third kappa shape index (κ3) is 2.03. The number of fused-ring (bicyclic) bond motifs is 2. The zero-order chi connectivity index (χ0) is 10.3. The molecule has 0 unspecified atom stereocenters. The summed E-state index contributed by atoms with van der Waals surface area (Å²) in [5, 5.41) is 0. The molecule has 0 fully saturated rings. The molecule has 2 aliphatic heterocycles. The van der Waals surface area contributed by atoms with Crippen LogP contribution in [-0.2, 0) is 0 Å². The summed E-state index contributed by atoms with van der Waals surface area (Å²) in [4.78, 5) is 18.2. The maximum absolute atomic E-state index is 12.1. The lowest BCUT2D eigenvalue weighted by atomic mass is 10.1. The molecule has 0 spiro atoms. The molecular weight excluding hydrogens is 211 g/mol. The van der Waals surface area contributed by atoms with Crippen LogP contribution in [0.15, 0.2) is 41.5 Å². The monoisotopic (exact) mass is 225 g/mol. The minimum absolute atomic E-state index is 0. The minimum Gasteiger partial charge on any atom is -0.307 e. The molecule has 0 saturated carbocycles. The molecule has 0 aliphatic carbocycles. The van der Waals surface area contributed by atoms with Gasteiger partial charge in [-0.05, 0) is 18.6 Å². The van der Waals surface area contributed by atoms with E-state index in [2.05, 4.69) is 4.99 Å². The summed E-state index contributed by atoms with van der Waals surface area (Å²) in [5.74, 6) is 0.0434. The first-order valence-electron chi connectivity index (χ1n) is 4.99. The fraction of sp³-hybridized carbons (Fsp3) is 0.231. The van der Waals surface area contributed by atoms with E-state index in [1.54, 1.807) is 4.90 Å². The quantitative estimate of drug-likeness (QED) is 0.624. The van der Waals surface area contributed by atoms with E-state index in [4.69, 9.17) is 0 Å². The second-order valence-corrected chi connectivity index (χ2v) is 3.70. The van der Waals surface area contributed by atoms with Gasteiger partial charge in [0.2, 0.25) is 0 Å². The second-order valence-electron chi connectivity index (χ2n) is 3.70. The van der Waals surface area contributed by atoms with Gasteiger partial charge >= 0.3 is 0 Å². The largest absolute Gasteiger partial charge is 0.307 e. The molecule has 85 valence electrons. The van der Waals surface area contributed by atoms with Gasteiger partial charge in [0, 0.05) is 20.8 Å². The number of nitrogens with zero attached hydrogens (tertiary/aromatic N) is 2. The van der Waals surface area contributed by atoms with Crippen LogP contribution in [0.1, 0.15) is 24.2 Å². The molecule has 1 atom stereocenters. The standard InChI is InChI=1S/C12H10N2O.CH4.B/c15-12-10-5-1-2-6-11(10)13-8-9-4-3-7-14(9)12;;/h1-3,5-9H,4H2;1H4;/t9-;;/m0../s1. The van der Waals surface area contributed by atoms with E-state index in [0.717, 1.165) is 12.1 Å². The average molecular weight is 225 g/mol. The lowest BCUT2D eigenvalue weighted by Crippen LogP contribution is -2.32. The Bertz CT molecular complexity index is 482. The molecule has 0 saturated heterocycles. The second kappa shape index (κ2) is 5.00. The van der Waals surface area contributed by atoms with Crippen molar-refractivity contribution in [2.24, 2.45) is 4.99 Å². The number of carbonyl (C=O) groups is 1. The molecular formula is C13H14BN2O. The number of hydrogen-bond acceptors (Lipinski definition) is 2. The Morgan fingerprint density at radius 1 is 1.29 bits per heavy atom. The maximum Gasteiger partial charge on any atom is 0.260 e. The van der Waals surface area contributed by atoms with Gasteiger partial charge in [0.15, 0.2) is 0 Å². The Morgan fingerprint density at radius 3 is 2.88 bits per heavy atom. The summed E-state index contributed by atoms with van der Waals surface area (Å²) in [6.07, 6.45) is 6.57. The van der Waals surface area contributed by atoms with Gasteiger partial charge in [0.1, 0.15) is 0 Å². The fourth-order valence-electron chi connectivity index (χ4n) is 1.96. The van der Waals surface area contributed by atoms with Gasteiger partial charge in [-0.3, -0.25) is 9.79 Å². The molecule has 0 N–H and O–H groups in total. The van der Waals surface area contributed by atoms with Crippen molar-refractivity contribution in [3.8, 4) is 0 Å². The number of benzene rings is 1. The topological polar surface area (TPSA) is 32.7 Å². The average Bonchev–Trinajstić information content (AvgIpc) is 2.69. The van der Waals surface area contributed by atoms with Crippen molar-refractivity contribution in [3.05, 3.63) is 42.1 Å². The van der Waals surface area contributed by atoms with Crippen LogP contribution >= 0.6 is 0 Å². The first-order valence-corrected chi connectivity index (χ1v) is 4.99.